The molecule has 2 aromatic rings. The van der Waals surface area contributed by atoms with Crippen molar-refractivity contribution in [3.8, 4) is 11.8 Å². The summed E-state index contributed by atoms with van der Waals surface area (Å²) in [5.41, 5.74) is 0.518. The minimum absolute atomic E-state index is 0.0792. The molecule has 0 fully saturated rings. The summed E-state index contributed by atoms with van der Waals surface area (Å²) in [4.78, 5) is 11.5. The van der Waals surface area contributed by atoms with E-state index in [1.165, 1.54) is 18.2 Å². The summed E-state index contributed by atoms with van der Waals surface area (Å²) >= 11 is 5.70. The Morgan fingerprint density at radius 1 is 1.33 bits per heavy atom. The average Bonchev–Trinajstić information content (AvgIpc) is 2.57. The van der Waals surface area contributed by atoms with Gasteiger partial charge in [0.05, 0.1) is 11.1 Å². The second-order valence-electron chi connectivity index (χ2n) is 4.85. The van der Waals surface area contributed by atoms with E-state index < -0.39 is 23.6 Å². The van der Waals surface area contributed by atoms with Crippen LogP contribution in [0.1, 0.15) is 24.9 Å². The Kier molecular flexibility index (Phi) is 5.72. The first-order valence-corrected chi connectivity index (χ1v) is 7.43. The van der Waals surface area contributed by atoms with Crippen molar-refractivity contribution < 1.29 is 18.3 Å². The van der Waals surface area contributed by atoms with E-state index in [9.17, 15) is 18.8 Å². The first-order chi connectivity index (χ1) is 11.4. The molecular formula is C17H13ClF2N2O2. The normalized spacial score (nSPS) is 11.5. The van der Waals surface area contributed by atoms with Crippen LogP contribution in [0, 0.1) is 23.0 Å². The molecule has 124 valence electrons. The molecule has 0 saturated carbocycles. The van der Waals surface area contributed by atoms with Crippen LogP contribution in [0.4, 0.5) is 14.5 Å². The molecule has 7 heteroatoms. The van der Waals surface area contributed by atoms with Gasteiger partial charge >= 0.3 is 5.97 Å². The smallest absolute Gasteiger partial charge is 0.310 e. The highest BCUT2D eigenvalue weighted by atomic mass is 35.5. The van der Waals surface area contributed by atoms with Gasteiger partial charge in [-0.2, -0.15) is 5.26 Å². The number of hydrogen-bond donors (Lipinski definition) is 1. The molecule has 0 aromatic heterocycles. The van der Waals surface area contributed by atoms with Crippen LogP contribution in [-0.4, -0.2) is 5.97 Å². The standard InChI is InChI=1S/C17H13ClF2N2O2/c1-2-17(23)24-16-6-3-10(19)7-12(16)15(9-21)22-11-4-5-14(20)13(18)8-11/h3-8,15,22H,2H2,1H3. The van der Waals surface area contributed by atoms with E-state index in [1.54, 1.807) is 6.92 Å². The van der Waals surface area contributed by atoms with Crippen LogP contribution in [0.3, 0.4) is 0 Å². The zero-order valence-electron chi connectivity index (χ0n) is 12.6. The van der Waals surface area contributed by atoms with E-state index >= 15 is 0 Å². The van der Waals surface area contributed by atoms with E-state index in [2.05, 4.69) is 5.32 Å². The second kappa shape index (κ2) is 7.75. The highest BCUT2D eigenvalue weighted by Crippen LogP contribution is 2.30. The third-order valence-electron chi connectivity index (χ3n) is 3.16. The minimum Gasteiger partial charge on any atom is -0.426 e. The SMILES string of the molecule is CCC(=O)Oc1ccc(F)cc1C(C#N)Nc1ccc(F)c(Cl)c1. The number of nitrogens with one attached hydrogen (secondary N) is 1. The van der Waals surface area contributed by atoms with Gasteiger partial charge < -0.3 is 10.1 Å². The van der Waals surface area contributed by atoms with Crippen molar-refractivity contribution in [3.63, 3.8) is 0 Å². The summed E-state index contributed by atoms with van der Waals surface area (Å²) in [6.45, 7) is 1.62. The van der Waals surface area contributed by atoms with Crippen molar-refractivity contribution in [2.75, 3.05) is 5.32 Å². The quantitative estimate of drug-likeness (QED) is 0.631. The number of carbonyl (C=O) groups excluding carboxylic acids is 1. The third-order valence-corrected chi connectivity index (χ3v) is 3.44. The topological polar surface area (TPSA) is 62.1 Å². The summed E-state index contributed by atoms with van der Waals surface area (Å²) in [7, 11) is 0. The molecule has 2 aromatic carbocycles. The Balaban J connectivity index is 2.35. The maximum absolute atomic E-state index is 13.6. The molecule has 1 N–H and O–H groups in total. The maximum atomic E-state index is 13.6. The highest BCUT2D eigenvalue weighted by Gasteiger charge is 2.19. The molecule has 4 nitrogen and oxygen atoms in total. The zero-order chi connectivity index (χ0) is 17.7. The van der Waals surface area contributed by atoms with Crippen LogP contribution in [0.5, 0.6) is 5.75 Å². The van der Waals surface area contributed by atoms with Crippen molar-refractivity contribution in [1.29, 1.82) is 5.26 Å². The Morgan fingerprint density at radius 2 is 2.08 bits per heavy atom. The van der Waals surface area contributed by atoms with Crippen LogP contribution >= 0.6 is 11.6 Å². The van der Waals surface area contributed by atoms with Crippen molar-refractivity contribution in [3.05, 3.63) is 58.6 Å². The van der Waals surface area contributed by atoms with Gasteiger partial charge in [0.15, 0.2) is 0 Å². The minimum atomic E-state index is -1.03. The number of nitriles is 1. The number of halogens is 3. The van der Waals surface area contributed by atoms with E-state index in [4.69, 9.17) is 16.3 Å². The highest BCUT2D eigenvalue weighted by molar-refractivity contribution is 6.31. The molecule has 0 spiro atoms. The molecular weight excluding hydrogens is 338 g/mol. The van der Waals surface area contributed by atoms with E-state index in [0.29, 0.717) is 5.69 Å². The van der Waals surface area contributed by atoms with Gasteiger partial charge in [0.25, 0.3) is 0 Å². The summed E-state index contributed by atoms with van der Waals surface area (Å²) in [6, 6.07) is 8.28. The van der Waals surface area contributed by atoms with Crippen molar-refractivity contribution in [1.82, 2.24) is 0 Å². The lowest BCUT2D eigenvalue weighted by molar-refractivity contribution is -0.134. The molecule has 0 amide bonds. The molecule has 1 unspecified atom stereocenters. The summed E-state index contributed by atoms with van der Waals surface area (Å²) in [5, 5.41) is 12.1. The van der Waals surface area contributed by atoms with Gasteiger partial charge in [-0.25, -0.2) is 8.78 Å². The number of ether oxygens (including phenoxy) is 1. The van der Waals surface area contributed by atoms with Gasteiger partial charge in [-0.15, -0.1) is 0 Å². The molecule has 0 aliphatic carbocycles. The van der Waals surface area contributed by atoms with Crippen molar-refractivity contribution in [2.24, 2.45) is 0 Å². The summed E-state index contributed by atoms with van der Waals surface area (Å²) in [6.07, 6.45) is 0.134. The number of benzene rings is 2. The van der Waals surface area contributed by atoms with Gasteiger partial charge in [0.2, 0.25) is 0 Å². The van der Waals surface area contributed by atoms with Gasteiger partial charge in [0, 0.05) is 17.7 Å². The largest absolute Gasteiger partial charge is 0.426 e. The Hall–Kier alpha value is -2.65. The fourth-order valence-corrected chi connectivity index (χ4v) is 2.15. The Labute approximate surface area is 142 Å². The van der Waals surface area contributed by atoms with Gasteiger partial charge in [-0.05, 0) is 36.4 Å². The van der Waals surface area contributed by atoms with Crippen molar-refractivity contribution >= 4 is 23.3 Å². The number of carbonyl (C=O) groups is 1. The number of anilines is 1. The number of hydrogen-bond acceptors (Lipinski definition) is 4. The number of nitrogens with zero attached hydrogens (tertiary/aromatic N) is 1. The van der Waals surface area contributed by atoms with Gasteiger partial charge in [0.1, 0.15) is 23.4 Å². The number of rotatable bonds is 5. The molecule has 0 radical (unpaired) electrons. The van der Waals surface area contributed by atoms with Crippen LogP contribution in [0.15, 0.2) is 36.4 Å². The predicted octanol–water partition coefficient (Wildman–Crippen LogP) is 4.61. The monoisotopic (exact) mass is 350 g/mol. The molecule has 24 heavy (non-hydrogen) atoms. The zero-order valence-corrected chi connectivity index (χ0v) is 13.4. The third kappa shape index (κ3) is 4.21. The van der Waals surface area contributed by atoms with E-state index in [0.717, 1.165) is 18.2 Å². The summed E-state index contributed by atoms with van der Waals surface area (Å²) < 4.78 is 31.9. The average molecular weight is 351 g/mol. The Bertz CT molecular complexity index is 806. The summed E-state index contributed by atoms with van der Waals surface area (Å²) in [5.74, 6) is -1.61. The predicted molar refractivity (Wildman–Crippen MR) is 85.7 cm³/mol. The fourth-order valence-electron chi connectivity index (χ4n) is 1.96. The first kappa shape index (κ1) is 17.7. The van der Waals surface area contributed by atoms with E-state index in [-0.39, 0.29) is 22.8 Å². The lowest BCUT2D eigenvalue weighted by Gasteiger charge is -2.17. The van der Waals surface area contributed by atoms with Gasteiger partial charge in [-0.3, -0.25) is 4.79 Å². The molecule has 0 aliphatic heterocycles. The fraction of sp³-hybridized carbons (Fsp3) is 0.176. The van der Waals surface area contributed by atoms with E-state index in [1.807, 2.05) is 6.07 Å². The lowest BCUT2D eigenvalue weighted by Crippen LogP contribution is -2.13. The van der Waals surface area contributed by atoms with Gasteiger partial charge in [-0.1, -0.05) is 18.5 Å². The van der Waals surface area contributed by atoms with Crippen molar-refractivity contribution in [2.45, 2.75) is 19.4 Å². The lowest BCUT2D eigenvalue weighted by atomic mass is 10.1. The van der Waals surface area contributed by atoms with Crippen LogP contribution < -0.4 is 10.1 Å². The second-order valence-corrected chi connectivity index (χ2v) is 5.25. The molecule has 0 aliphatic rings. The van der Waals surface area contributed by atoms with Crippen LogP contribution in [0.2, 0.25) is 5.02 Å². The Morgan fingerprint density at radius 3 is 2.71 bits per heavy atom. The molecule has 0 heterocycles. The van der Waals surface area contributed by atoms with Crippen LogP contribution in [-0.2, 0) is 4.79 Å². The molecule has 2 rings (SSSR count). The van der Waals surface area contributed by atoms with Crippen LogP contribution in [0.25, 0.3) is 0 Å². The molecule has 0 bridgehead atoms. The maximum Gasteiger partial charge on any atom is 0.310 e. The molecule has 0 saturated heterocycles. The number of esters is 1. The first-order valence-electron chi connectivity index (χ1n) is 7.06. The molecule has 1 atom stereocenters.